The number of rotatable bonds is 14. The van der Waals surface area contributed by atoms with Gasteiger partial charge < -0.3 is 18.3 Å². The number of aromatic nitrogens is 4. The second kappa shape index (κ2) is 28.2. The zero-order valence-electron chi connectivity index (χ0n) is 64.5. The molecule has 0 unspecified atom stereocenters. The highest BCUT2D eigenvalue weighted by molar-refractivity contribution is 6.13. The largest absolute Gasteiger partial charge is 0.309 e. The number of nitrogens with zero attached hydrogens (tertiary/aromatic N) is 4. The van der Waals surface area contributed by atoms with E-state index in [2.05, 4.69) is 467 Å². The Hall–Kier alpha value is -15.6. The summed E-state index contributed by atoms with van der Waals surface area (Å²) < 4.78 is 9.58. The molecule has 0 fully saturated rings. The standard InChI is InChI=1S/C114H74N4/c1-2-23-75(24-3-1)86-66-87(77-49-57-96(58-50-77)116-109-41-14-6-33-101(109)102-34-7-15-42-110(102)116)71-93(70-86)94-72-89(79-53-61-98(62-54-79)118-113-45-18-10-37-105(113)106-38-11-19-46-114(106)118)69-92(74-94)85-30-22-27-82(65-85)81-26-21-29-84(64-81)91-68-88(78-51-59-97(60-52-78)117-111-43-16-8-35-103(111)104-36-9-17-44-112(104)117)67-90(73-91)83-28-20-25-80(63-83)76-47-55-95(56-48-76)115-107-39-12-4-31-99(107)100-32-5-13-40-108(100)115/h1-74H. The number of para-hydroxylation sites is 8. The highest BCUT2D eigenvalue weighted by Gasteiger charge is 2.21. The van der Waals surface area contributed by atoms with Gasteiger partial charge >= 0.3 is 0 Å². The molecule has 0 aliphatic carbocycles. The van der Waals surface area contributed by atoms with Crippen molar-refractivity contribution in [1.82, 2.24) is 18.3 Å². The maximum Gasteiger partial charge on any atom is 0.0541 e. The summed E-state index contributed by atoms with van der Waals surface area (Å²) in [4.78, 5) is 0. The van der Waals surface area contributed by atoms with Crippen LogP contribution in [0.15, 0.2) is 449 Å². The summed E-state index contributed by atoms with van der Waals surface area (Å²) in [5, 5.41) is 10.00. The van der Waals surface area contributed by atoms with Crippen molar-refractivity contribution in [1.29, 1.82) is 0 Å². The van der Waals surface area contributed by atoms with E-state index in [-0.39, 0.29) is 0 Å². The molecule has 23 aromatic rings. The van der Waals surface area contributed by atoms with Crippen LogP contribution in [0.3, 0.4) is 0 Å². The van der Waals surface area contributed by atoms with Crippen molar-refractivity contribution in [3.8, 4) is 134 Å². The molecule has 4 aromatic heterocycles. The van der Waals surface area contributed by atoms with Crippen LogP contribution in [0, 0.1) is 0 Å². The van der Waals surface area contributed by atoms with Crippen LogP contribution < -0.4 is 0 Å². The maximum absolute atomic E-state index is 2.41. The predicted molar refractivity (Wildman–Crippen MR) is 498 cm³/mol. The Morgan fingerprint density at radius 2 is 0.229 bits per heavy atom. The first kappa shape index (κ1) is 68.0. The highest BCUT2D eigenvalue weighted by Crippen LogP contribution is 2.44. The first-order chi connectivity index (χ1) is 58.5. The summed E-state index contributed by atoms with van der Waals surface area (Å²) in [6, 6.07) is 166. The Labute approximate surface area is 683 Å². The normalized spacial score (nSPS) is 11.7. The molecule has 0 spiro atoms. The quantitative estimate of drug-likeness (QED) is 0.103. The molecule has 0 aliphatic rings. The molecule has 4 heterocycles. The summed E-state index contributed by atoms with van der Waals surface area (Å²) in [7, 11) is 0. The molecule has 0 atom stereocenters. The first-order valence-electron chi connectivity index (χ1n) is 40.7. The molecule has 550 valence electrons. The topological polar surface area (TPSA) is 19.7 Å². The van der Waals surface area contributed by atoms with E-state index in [1.807, 2.05) is 0 Å². The van der Waals surface area contributed by atoms with Crippen molar-refractivity contribution in [2.45, 2.75) is 0 Å². The van der Waals surface area contributed by atoms with Crippen molar-refractivity contribution in [3.63, 3.8) is 0 Å². The Bertz CT molecular complexity index is 7670. The summed E-state index contributed by atoms with van der Waals surface area (Å²) in [5.74, 6) is 0. The number of fused-ring (bicyclic) bond motifs is 12. The van der Waals surface area contributed by atoms with Crippen LogP contribution >= 0.6 is 0 Å². The van der Waals surface area contributed by atoms with Gasteiger partial charge in [0.2, 0.25) is 0 Å². The second-order valence-electron chi connectivity index (χ2n) is 31.2. The molecule has 0 aliphatic heterocycles. The lowest BCUT2D eigenvalue weighted by atomic mass is 9.89. The zero-order valence-corrected chi connectivity index (χ0v) is 64.5. The van der Waals surface area contributed by atoms with Gasteiger partial charge in [-0.3, -0.25) is 0 Å². The molecule has 0 saturated heterocycles. The smallest absolute Gasteiger partial charge is 0.0541 e. The van der Waals surface area contributed by atoms with Crippen molar-refractivity contribution < 1.29 is 0 Å². The summed E-state index contributed by atoms with van der Waals surface area (Å²) in [6.45, 7) is 0. The average molecular weight is 1500 g/mol. The van der Waals surface area contributed by atoms with Gasteiger partial charge in [-0.2, -0.15) is 0 Å². The Kier molecular flexibility index (Phi) is 16.2. The molecule has 0 bridgehead atoms. The van der Waals surface area contributed by atoms with E-state index in [9.17, 15) is 0 Å². The van der Waals surface area contributed by atoms with Gasteiger partial charge in [0.25, 0.3) is 0 Å². The molecule has 4 heteroatoms. The first-order valence-corrected chi connectivity index (χ1v) is 40.7. The molecular formula is C114H74N4. The fraction of sp³-hybridized carbons (Fsp3) is 0. The van der Waals surface area contributed by atoms with E-state index >= 15 is 0 Å². The molecule has 0 N–H and O–H groups in total. The molecule has 0 radical (unpaired) electrons. The zero-order chi connectivity index (χ0) is 77.7. The molecule has 19 aromatic carbocycles. The van der Waals surface area contributed by atoms with E-state index in [1.54, 1.807) is 0 Å². The molecule has 4 nitrogen and oxygen atoms in total. The maximum atomic E-state index is 2.41. The third kappa shape index (κ3) is 11.8. The Morgan fingerprint density at radius 1 is 0.0932 bits per heavy atom. The van der Waals surface area contributed by atoms with Crippen LogP contribution in [-0.2, 0) is 0 Å². The number of benzene rings is 19. The summed E-state index contributed by atoms with van der Waals surface area (Å²) in [6.07, 6.45) is 0. The van der Waals surface area contributed by atoms with Crippen LogP contribution in [0.1, 0.15) is 0 Å². The molecule has 0 saturated carbocycles. The lowest BCUT2D eigenvalue weighted by Crippen LogP contribution is -1.94. The molecule has 23 rings (SSSR count). The van der Waals surface area contributed by atoms with Crippen molar-refractivity contribution in [3.05, 3.63) is 449 Å². The third-order valence-electron chi connectivity index (χ3n) is 24.3. The molecule has 0 amide bonds. The van der Waals surface area contributed by atoms with Gasteiger partial charge in [-0.25, -0.2) is 0 Å². The fourth-order valence-electron chi connectivity index (χ4n) is 18.7. The van der Waals surface area contributed by atoms with Gasteiger partial charge in [0.05, 0.1) is 44.1 Å². The Morgan fingerprint density at radius 3 is 0.449 bits per heavy atom. The summed E-state index contributed by atoms with van der Waals surface area (Å²) >= 11 is 0. The number of hydrogen-bond acceptors (Lipinski definition) is 0. The Balaban J connectivity index is 0.637. The van der Waals surface area contributed by atoms with Gasteiger partial charge in [0.1, 0.15) is 0 Å². The van der Waals surface area contributed by atoms with Crippen LogP contribution in [0.5, 0.6) is 0 Å². The highest BCUT2D eigenvalue weighted by atomic mass is 15.0. The van der Waals surface area contributed by atoms with Gasteiger partial charge in [0, 0.05) is 65.8 Å². The lowest BCUT2D eigenvalue weighted by Gasteiger charge is -2.16. The van der Waals surface area contributed by atoms with E-state index in [0.29, 0.717) is 0 Å². The minimum atomic E-state index is 1.12. The van der Waals surface area contributed by atoms with E-state index in [0.717, 1.165) is 134 Å². The van der Waals surface area contributed by atoms with Crippen molar-refractivity contribution in [2.24, 2.45) is 0 Å². The van der Waals surface area contributed by atoms with Crippen molar-refractivity contribution >= 4 is 87.2 Å². The van der Waals surface area contributed by atoms with Crippen LogP contribution in [0.2, 0.25) is 0 Å². The second-order valence-corrected chi connectivity index (χ2v) is 31.2. The minimum Gasteiger partial charge on any atom is -0.309 e. The van der Waals surface area contributed by atoms with Gasteiger partial charge in [-0.1, -0.05) is 279 Å². The van der Waals surface area contributed by atoms with Gasteiger partial charge in [-0.05, 0) is 281 Å². The SMILES string of the molecule is c1ccc(-c2cc(-c3ccc(-n4c5ccccc5c5ccccc54)cc3)cc(-c3cc(-c4ccc(-n5c6ccccc6c6ccccc65)cc4)cc(-c4cccc(-c5cccc(-c6cc(-c7ccc(-n8c9ccccc9c9ccccc98)cc7)cc(-c7cccc(-c8ccc(-n9c%10ccccc%10c%10ccccc%109)cc8)c7)c6)c5)c4)c3)c2)cc1. The summed E-state index contributed by atoms with van der Waals surface area (Å²) in [5.41, 5.74) is 36.9. The average Bonchev–Trinajstić information content (AvgIpc) is 1.62. The van der Waals surface area contributed by atoms with Crippen LogP contribution in [0.25, 0.3) is 221 Å². The van der Waals surface area contributed by atoms with Gasteiger partial charge in [0.15, 0.2) is 0 Å². The number of hydrogen-bond donors (Lipinski definition) is 0. The molecular weight excluding hydrogens is 1430 g/mol. The molecule has 118 heavy (non-hydrogen) atoms. The van der Waals surface area contributed by atoms with E-state index in [1.165, 1.54) is 87.2 Å². The monoisotopic (exact) mass is 1500 g/mol. The predicted octanol–water partition coefficient (Wildman–Crippen LogP) is 30.7. The van der Waals surface area contributed by atoms with Crippen molar-refractivity contribution in [2.75, 3.05) is 0 Å². The van der Waals surface area contributed by atoms with E-state index < -0.39 is 0 Å². The van der Waals surface area contributed by atoms with Crippen LogP contribution in [0.4, 0.5) is 0 Å². The minimum absolute atomic E-state index is 1.12. The van der Waals surface area contributed by atoms with Crippen LogP contribution in [-0.4, -0.2) is 18.3 Å². The van der Waals surface area contributed by atoms with Gasteiger partial charge in [-0.15, -0.1) is 0 Å². The third-order valence-corrected chi connectivity index (χ3v) is 24.3. The lowest BCUT2D eigenvalue weighted by molar-refractivity contribution is 1.18. The van der Waals surface area contributed by atoms with E-state index in [4.69, 9.17) is 0 Å². The fourth-order valence-corrected chi connectivity index (χ4v) is 18.7.